The molecule has 0 aliphatic rings. The summed E-state index contributed by atoms with van der Waals surface area (Å²) in [5.41, 5.74) is -0.773. The zero-order chi connectivity index (χ0) is 19.3. The largest absolute Gasteiger partial charge is 0.463 e. The van der Waals surface area contributed by atoms with E-state index in [0.717, 1.165) is 18.2 Å². The van der Waals surface area contributed by atoms with Gasteiger partial charge in [0.1, 0.15) is 0 Å². The SMILES string of the molecule is C=CC(=O)OCCC(CCOC(=O)C=C)(CCOC(=O)C=C)C(C)O. The van der Waals surface area contributed by atoms with E-state index in [0.29, 0.717) is 19.3 Å². The Bertz CT molecular complexity index is 429. The van der Waals surface area contributed by atoms with Crippen molar-refractivity contribution in [3.63, 3.8) is 0 Å². The molecule has 0 fully saturated rings. The minimum atomic E-state index is -0.820. The Labute approximate surface area is 147 Å². The van der Waals surface area contributed by atoms with Crippen LogP contribution in [-0.2, 0) is 28.6 Å². The predicted octanol–water partition coefficient (Wildman–Crippen LogP) is 1.71. The minimum absolute atomic E-state index is 0.0422. The van der Waals surface area contributed by atoms with Crippen molar-refractivity contribution in [2.45, 2.75) is 32.3 Å². The van der Waals surface area contributed by atoms with Gasteiger partial charge >= 0.3 is 17.9 Å². The number of rotatable bonds is 13. The number of esters is 3. The Morgan fingerprint density at radius 2 is 1.12 bits per heavy atom. The predicted molar refractivity (Wildman–Crippen MR) is 91.4 cm³/mol. The molecule has 140 valence electrons. The van der Waals surface area contributed by atoms with E-state index in [-0.39, 0.29) is 19.8 Å². The highest BCUT2D eigenvalue weighted by Crippen LogP contribution is 2.35. The van der Waals surface area contributed by atoms with Crippen molar-refractivity contribution in [3.05, 3.63) is 38.0 Å². The van der Waals surface area contributed by atoms with Gasteiger partial charge in [-0.3, -0.25) is 0 Å². The molecule has 1 atom stereocenters. The summed E-state index contributed by atoms with van der Waals surface area (Å²) in [4.78, 5) is 33.6. The van der Waals surface area contributed by atoms with Gasteiger partial charge in [-0.15, -0.1) is 0 Å². The average Bonchev–Trinajstić information content (AvgIpc) is 2.60. The van der Waals surface area contributed by atoms with Crippen LogP contribution in [-0.4, -0.2) is 48.9 Å². The number of aliphatic hydroxyl groups excluding tert-OH is 1. The molecule has 25 heavy (non-hydrogen) atoms. The first-order valence-corrected chi connectivity index (χ1v) is 7.87. The number of carbonyl (C=O) groups is 3. The van der Waals surface area contributed by atoms with Gasteiger partial charge in [-0.2, -0.15) is 0 Å². The van der Waals surface area contributed by atoms with E-state index in [1.54, 1.807) is 6.92 Å². The first kappa shape index (κ1) is 22.6. The molecule has 0 aromatic rings. The van der Waals surface area contributed by atoms with Crippen molar-refractivity contribution < 1.29 is 33.7 Å². The number of carbonyl (C=O) groups excluding carboxylic acids is 3. The quantitative estimate of drug-likeness (QED) is 0.305. The molecule has 1 N–H and O–H groups in total. The molecule has 0 heterocycles. The lowest BCUT2D eigenvalue weighted by Gasteiger charge is -2.36. The molecular formula is C18H26O7. The highest BCUT2D eigenvalue weighted by atomic mass is 16.5. The highest BCUT2D eigenvalue weighted by molar-refractivity contribution is 5.81. The maximum Gasteiger partial charge on any atom is 0.330 e. The average molecular weight is 354 g/mol. The monoisotopic (exact) mass is 354 g/mol. The third kappa shape index (κ3) is 8.85. The standard InChI is InChI=1S/C18H26O7/c1-5-15(20)23-11-8-18(14(4)19,9-12-24-16(21)6-2)10-13-25-17(22)7-3/h5-7,14,19H,1-3,8-13H2,4H3. The van der Waals surface area contributed by atoms with Crippen LogP contribution in [0.1, 0.15) is 26.2 Å². The lowest BCUT2D eigenvalue weighted by Crippen LogP contribution is -2.37. The third-order valence-electron chi connectivity index (χ3n) is 3.92. The first-order valence-electron chi connectivity index (χ1n) is 7.87. The number of aliphatic hydroxyl groups is 1. The third-order valence-corrected chi connectivity index (χ3v) is 3.92. The van der Waals surface area contributed by atoms with Crippen LogP contribution in [0, 0.1) is 5.41 Å². The number of ether oxygens (including phenoxy) is 3. The lowest BCUT2D eigenvalue weighted by atomic mass is 9.74. The maximum atomic E-state index is 11.2. The second-order valence-electron chi connectivity index (χ2n) is 5.40. The molecule has 1 unspecified atom stereocenters. The first-order chi connectivity index (χ1) is 11.8. The normalized spacial score (nSPS) is 11.8. The van der Waals surface area contributed by atoms with Crippen molar-refractivity contribution in [2.75, 3.05) is 19.8 Å². The molecule has 0 spiro atoms. The number of hydrogen-bond donors (Lipinski definition) is 1. The number of hydrogen-bond acceptors (Lipinski definition) is 7. The molecule has 0 radical (unpaired) electrons. The van der Waals surface area contributed by atoms with Crippen LogP contribution in [0.2, 0.25) is 0 Å². The summed E-state index contributed by atoms with van der Waals surface area (Å²) in [6, 6.07) is 0. The molecule has 0 saturated carbocycles. The fraction of sp³-hybridized carbons (Fsp3) is 0.500. The Morgan fingerprint density at radius 1 is 0.840 bits per heavy atom. The van der Waals surface area contributed by atoms with Crippen LogP contribution in [0.4, 0.5) is 0 Å². The molecular weight excluding hydrogens is 328 g/mol. The summed E-state index contributed by atoms with van der Waals surface area (Å²) in [5, 5.41) is 10.2. The van der Waals surface area contributed by atoms with Gasteiger partial charge in [0.25, 0.3) is 0 Å². The molecule has 0 aromatic carbocycles. The summed E-state index contributed by atoms with van der Waals surface area (Å²) in [5.74, 6) is -1.72. The fourth-order valence-corrected chi connectivity index (χ4v) is 2.24. The molecule has 0 bridgehead atoms. The van der Waals surface area contributed by atoms with Crippen LogP contribution >= 0.6 is 0 Å². The Morgan fingerprint density at radius 3 is 1.32 bits per heavy atom. The van der Waals surface area contributed by atoms with Crippen LogP contribution < -0.4 is 0 Å². The van der Waals surface area contributed by atoms with E-state index in [2.05, 4.69) is 19.7 Å². The Kier molecular flexibility index (Phi) is 10.9. The topological polar surface area (TPSA) is 99.1 Å². The lowest BCUT2D eigenvalue weighted by molar-refractivity contribution is -0.142. The molecule has 0 amide bonds. The zero-order valence-electron chi connectivity index (χ0n) is 14.6. The molecule has 0 aromatic heterocycles. The van der Waals surface area contributed by atoms with Gasteiger partial charge in [0, 0.05) is 23.6 Å². The highest BCUT2D eigenvalue weighted by Gasteiger charge is 2.35. The minimum Gasteiger partial charge on any atom is -0.463 e. The summed E-state index contributed by atoms with van der Waals surface area (Å²) in [6.45, 7) is 11.6. The van der Waals surface area contributed by atoms with Crippen molar-refractivity contribution in [2.24, 2.45) is 5.41 Å². The zero-order valence-corrected chi connectivity index (χ0v) is 14.6. The van der Waals surface area contributed by atoms with Gasteiger partial charge in [0.15, 0.2) is 0 Å². The van der Waals surface area contributed by atoms with Crippen LogP contribution in [0.25, 0.3) is 0 Å². The van der Waals surface area contributed by atoms with Crippen LogP contribution in [0.15, 0.2) is 38.0 Å². The smallest absolute Gasteiger partial charge is 0.330 e. The van der Waals surface area contributed by atoms with Crippen molar-refractivity contribution in [3.8, 4) is 0 Å². The Balaban J connectivity index is 4.95. The van der Waals surface area contributed by atoms with E-state index in [9.17, 15) is 19.5 Å². The van der Waals surface area contributed by atoms with E-state index in [1.807, 2.05) is 0 Å². The summed E-state index contributed by atoms with van der Waals surface area (Å²) in [6.07, 6.45) is 3.19. The molecule has 7 heteroatoms. The van der Waals surface area contributed by atoms with Gasteiger partial charge in [-0.25, -0.2) is 14.4 Å². The van der Waals surface area contributed by atoms with Gasteiger partial charge in [0.2, 0.25) is 0 Å². The van der Waals surface area contributed by atoms with E-state index < -0.39 is 29.4 Å². The molecule has 0 aliphatic heterocycles. The van der Waals surface area contributed by atoms with Gasteiger partial charge in [-0.05, 0) is 26.2 Å². The van der Waals surface area contributed by atoms with E-state index in [4.69, 9.17) is 14.2 Å². The van der Waals surface area contributed by atoms with Gasteiger partial charge < -0.3 is 19.3 Å². The van der Waals surface area contributed by atoms with Crippen LogP contribution in [0.3, 0.4) is 0 Å². The molecule has 0 rings (SSSR count). The van der Waals surface area contributed by atoms with Crippen molar-refractivity contribution in [1.29, 1.82) is 0 Å². The second-order valence-corrected chi connectivity index (χ2v) is 5.40. The summed E-state index contributed by atoms with van der Waals surface area (Å²) >= 11 is 0. The van der Waals surface area contributed by atoms with E-state index in [1.165, 1.54) is 0 Å². The summed E-state index contributed by atoms with van der Waals surface area (Å²) in [7, 11) is 0. The molecule has 7 nitrogen and oxygen atoms in total. The summed E-state index contributed by atoms with van der Waals surface area (Å²) < 4.78 is 14.9. The maximum absolute atomic E-state index is 11.2. The second kappa shape index (κ2) is 12.0. The molecule has 0 saturated heterocycles. The van der Waals surface area contributed by atoms with Crippen LogP contribution in [0.5, 0.6) is 0 Å². The van der Waals surface area contributed by atoms with Gasteiger partial charge in [0.05, 0.1) is 25.9 Å². The van der Waals surface area contributed by atoms with Crippen molar-refractivity contribution >= 4 is 17.9 Å². The van der Waals surface area contributed by atoms with Gasteiger partial charge in [-0.1, -0.05) is 19.7 Å². The van der Waals surface area contributed by atoms with Crippen molar-refractivity contribution in [1.82, 2.24) is 0 Å². The molecule has 0 aliphatic carbocycles. The van der Waals surface area contributed by atoms with E-state index >= 15 is 0 Å². The Hall–Kier alpha value is -2.41. The fourth-order valence-electron chi connectivity index (χ4n) is 2.24.